The van der Waals surface area contributed by atoms with Gasteiger partial charge < -0.3 is 16.0 Å². The van der Waals surface area contributed by atoms with Crippen LogP contribution in [0.2, 0.25) is 0 Å². The number of aryl methyl sites for hydroxylation is 1. The van der Waals surface area contributed by atoms with Gasteiger partial charge in [-0.05, 0) is 49.9 Å². The topological polar surface area (TPSA) is 122 Å². The summed E-state index contributed by atoms with van der Waals surface area (Å²) in [5.41, 5.74) is 10.3. The Labute approximate surface area is 200 Å². The number of nitrogens with zero attached hydrogens (tertiary/aromatic N) is 3. The van der Waals surface area contributed by atoms with Crippen LogP contribution >= 0.6 is 0 Å². The average Bonchev–Trinajstić information content (AvgIpc) is 3.14. The number of nitrogens with one attached hydrogen (secondary N) is 2. The third-order valence-corrected chi connectivity index (χ3v) is 6.40. The molecule has 3 aromatic rings. The Morgan fingerprint density at radius 2 is 1.74 bits per heavy atom. The minimum absolute atomic E-state index is 0.103. The van der Waals surface area contributed by atoms with Gasteiger partial charge in [0.1, 0.15) is 11.5 Å². The maximum atomic E-state index is 12.9. The molecule has 4 N–H and O–H groups in total. The highest BCUT2D eigenvalue weighted by molar-refractivity contribution is 7.92. The number of sulfonamides is 1. The van der Waals surface area contributed by atoms with Crippen molar-refractivity contribution in [2.24, 2.45) is 0 Å². The molecule has 0 atom stereocenters. The lowest BCUT2D eigenvalue weighted by Crippen LogP contribution is -2.35. The number of anilines is 4. The lowest BCUT2D eigenvalue weighted by molar-refractivity contribution is 0.0724. The van der Waals surface area contributed by atoms with Gasteiger partial charge in [-0.15, -0.1) is 0 Å². The Kier molecular flexibility index (Phi) is 6.78. The zero-order valence-corrected chi connectivity index (χ0v) is 20.2. The van der Waals surface area contributed by atoms with E-state index in [0.29, 0.717) is 42.4 Å². The molecule has 2 heterocycles. The van der Waals surface area contributed by atoms with Gasteiger partial charge in [0, 0.05) is 18.7 Å². The SMILES string of the molecule is Cc1ccc(Cn2ncc(Nc3ccc(C(=O)N4CCCCC4)cc3NS(C)(=O)=O)c2N)cc1. The maximum Gasteiger partial charge on any atom is 0.253 e. The quantitative estimate of drug-likeness (QED) is 0.473. The summed E-state index contributed by atoms with van der Waals surface area (Å²) in [6, 6.07) is 13.0. The fourth-order valence-electron chi connectivity index (χ4n) is 3.98. The molecule has 0 radical (unpaired) electrons. The van der Waals surface area contributed by atoms with E-state index in [9.17, 15) is 13.2 Å². The number of piperidine rings is 1. The molecule has 1 aromatic heterocycles. The zero-order chi connectivity index (χ0) is 24.3. The number of aromatic nitrogens is 2. The summed E-state index contributed by atoms with van der Waals surface area (Å²) < 4.78 is 28.2. The molecular formula is C24H30N6O3S. The number of rotatable bonds is 7. The molecule has 180 valence electrons. The number of likely N-dealkylation sites (tertiary alicyclic amines) is 1. The second kappa shape index (κ2) is 9.76. The van der Waals surface area contributed by atoms with Gasteiger partial charge in [-0.3, -0.25) is 9.52 Å². The number of hydrogen-bond acceptors (Lipinski definition) is 6. The molecule has 1 fully saturated rings. The van der Waals surface area contributed by atoms with Crippen molar-refractivity contribution in [2.75, 3.05) is 35.1 Å². The number of hydrogen-bond donors (Lipinski definition) is 3. The lowest BCUT2D eigenvalue weighted by Gasteiger charge is -2.27. The van der Waals surface area contributed by atoms with Crippen LogP contribution < -0.4 is 15.8 Å². The smallest absolute Gasteiger partial charge is 0.253 e. The van der Waals surface area contributed by atoms with Crippen LogP contribution in [-0.2, 0) is 16.6 Å². The molecule has 1 aliphatic rings. The third kappa shape index (κ3) is 5.69. The monoisotopic (exact) mass is 482 g/mol. The van der Waals surface area contributed by atoms with Gasteiger partial charge in [0.05, 0.1) is 30.4 Å². The predicted molar refractivity (Wildman–Crippen MR) is 135 cm³/mol. The number of nitrogens with two attached hydrogens (primary N) is 1. The summed E-state index contributed by atoms with van der Waals surface area (Å²) in [5.74, 6) is 0.313. The van der Waals surface area contributed by atoms with Gasteiger partial charge >= 0.3 is 0 Å². The fraction of sp³-hybridized carbons (Fsp3) is 0.333. The second-order valence-electron chi connectivity index (χ2n) is 8.70. The van der Waals surface area contributed by atoms with Crippen LogP contribution in [-0.4, -0.2) is 48.4 Å². The van der Waals surface area contributed by atoms with Gasteiger partial charge in [-0.25, -0.2) is 13.1 Å². The lowest BCUT2D eigenvalue weighted by atomic mass is 10.1. The minimum atomic E-state index is -3.58. The molecule has 1 aliphatic heterocycles. The maximum absolute atomic E-state index is 12.9. The first-order chi connectivity index (χ1) is 16.2. The Morgan fingerprint density at radius 3 is 2.41 bits per heavy atom. The number of carbonyl (C=O) groups is 1. The van der Waals surface area contributed by atoms with Crippen molar-refractivity contribution < 1.29 is 13.2 Å². The van der Waals surface area contributed by atoms with E-state index >= 15 is 0 Å². The molecular weight excluding hydrogens is 452 g/mol. The Morgan fingerprint density at radius 1 is 1.03 bits per heavy atom. The highest BCUT2D eigenvalue weighted by atomic mass is 32.2. The summed E-state index contributed by atoms with van der Waals surface area (Å²) in [4.78, 5) is 14.7. The van der Waals surface area contributed by atoms with E-state index in [1.54, 1.807) is 29.1 Å². The first-order valence-electron chi connectivity index (χ1n) is 11.2. The average molecular weight is 483 g/mol. The van der Waals surface area contributed by atoms with Gasteiger partial charge in [0.15, 0.2) is 0 Å². The molecule has 0 spiro atoms. The molecule has 0 bridgehead atoms. The van der Waals surface area contributed by atoms with E-state index in [1.165, 1.54) is 5.56 Å². The Bertz CT molecular complexity index is 1280. The van der Waals surface area contributed by atoms with E-state index in [0.717, 1.165) is 31.1 Å². The highest BCUT2D eigenvalue weighted by Crippen LogP contribution is 2.31. The molecule has 10 heteroatoms. The molecule has 0 aliphatic carbocycles. The van der Waals surface area contributed by atoms with Crippen molar-refractivity contribution in [1.82, 2.24) is 14.7 Å². The largest absolute Gasteiger partial charge is 0.382 e. The first kappa shape index (κ1) is 23.6. The van der Waals surface area contributed by atoms with E-state index in [2.05, 4.69) is 15.1 Å². The molecule has 1 amide bonds. The molecule has 4 rings (SSSR count). The van der Waals surface area contributed by atoms with Crippen molar-refractivity contribution in [1.29, 1.82) is 0 Å². The molecule has 0 unspecified atom stereocenters. The van der Waals surface area contributed by atoms with Crippen LogP contribution in [0.15, 0.2) is 48.7 Å². The summed E-state index contributed by atoms with van der Waals surface area (Å²) in [6.07, 6.45) is 5.74. The van der Waals surface area contributed by atoms with E-state index in [4.69, 9.17) is 5.73 Å². The number of nitrogen functional groups attached to an aromatic ring is 1. The number of carbonyl (C=O) groups excluding carboxylic acids is 1. The van der Waals surface area contributed by atoms with Crippen LogP contribution in [0.5, 0.6) is 0 Å². The van der Waals surface area contributed by atoms with Gasteiger partial charge in [0.2, 0.25) is 10.0 Å². The first-order valence-corrected chi connectivity index (χ1v) is 13.1. The van der Waals surface area contributed by atoms with Crippen LogP contribution in [0, 0.1) is 6.92 Å². The van der Waals surface area contributed by atoms with Crippen LogP contribution in [0.25, 0.3) is 0 Å². The van der Waals surface area contributed by atoms with Gasteiger partial charge in [-0.1, -0.05) is 29.8 Å². The van der Waals surface area contributed by atoms with Crippen molar-refractivity contribution >= 4 is 38.8 Å². The molecule has 2 aromatic carbocycles. The molecule has 1 saturated heterocycles. The number of benzene rings is 2. The van der Waals surface area contributed by atoms with Gasteiger partial charge in [0.25, 0.3) is 5.91 Å². The molecule has 9 nitrogen and oxygen atoms in total. The van der Waals surface area contributed by atoms with Gasteiger partial charge in [-0.2, -0.15) is 5.10 Å². The Hall–Kier alpha value is -3.53. The normalized spacial score (nSPS) is 14.1. The summed E-state index contributed by atoms with van der Waals surface area (Å²) in [7, 11) is -3.58. The standard InChI is InChI=1S/C24H30N6O3S/c1-17-6-8-18(9-7-17)16-30-23(25)22(15-26-30)27-20-11-10-19(14-21(20)28-34(2,32)33)24(31)29-12-4-3-5-13-29/h6-11,14-15,27-28H,3-5,12-13,16,25H2,1-2H3. The van der Waals surface area contributed by atoms with Crippen molar-refractivity contribution in [3.63, 3.8) is 0 Å². The van der Waals surface area contributed by atoms with Crippen LogP contribution in [0.3, 0.4) is 0 Å². The van der Waals surface area contributed by atoms with E-state index in [1.807, 2.05) is 36.1 Å². The van der Waals surface area contributed by atoms with Crippen molar-refractivity contribution in [3.05, 3.63) is 65.4 Å². The zero-order valence-electron chi connectivity index (χ0n) is 19.4. The number of amides is 1. The summed E-state index contributed by atoms with van der Waals surface area (Å²) >= 11 is 0. The van der Waals surface area contributed by atoms with Crippen LogP contribution in [0.4, 0.5) is 22.9 Å². The van der Waals surface area contributed by atoms with E-state index in [-0.39, 0.29) is 11.6 Å². The second-order valence-corrected chi connectivity index (χ2v) is 10.4. The minimum Gasteiger partial charge on any atom is -0.382 e. The summed E-state index contributed by atoms with van der Waals surface area (Å²) in [6.45, 7) is 3.96. The fourth-order valence-corrected chi connectivity index (χ4v) is 4.55. The van der Waals surface area contributed by atoms with Crippen molar-refractivity contribution in [2.45, 2.75) is 32.7 Å². The Balaban J connectivity index is 1.58. The third-order valence-electron chi connectivity index (χ3n) is 5.81. The van der Waals surface area contributed by atoms with E-state index < -0.39 is 10.0 Å². The van der Waals surface area contributed by atoms with Crippen LogP contribution in [0.1, 0.15) is 40.7 Å². The van der Waals surface area contributed by atoms with Crippen molar-refractivity contribution in [3.8, 4) is 0 Å². The highest BCUT2D eigenvalue weighted by Gasteiger charge is 2.20. The summed E-state index contributed by atoms with van der Waals surface area (Å²) in [5, 5.41) is 7.53. The molecule has 0 saturated carbocycles. The molecule has 34 heavy (non-hydrogen) atoms. The predicted octanol–water partition coefficient (Wildman–Crippen LogP) is 3.56.